The Kier molecular flexibility index (Phi) is 3.35. The summed E-state index contributed by atoms with van der Waals surface area (Å²) in [6.07, 6.45) is 3.32. The van der Waals surface area contributed by atoms with Gasteiger partial charge >= 0.3 is 5.97 Å². The number of carbonyl (C=O) groups is 1. The first-order valence-electron chi connectivity index (χ1n) is 5.17. The first-order chi connectivity index (χ1) is 8.25. The van der Waals surface area contributed by atoms with Crippen molar-refractivity contribution in [2.24, 2.45) is 0 Å². The fourth-order valence-electron chi connectivity index (χ4n) is 1.33. The Bertz CT molecular complexity index is 495. The van der Waals surface area contributed by atoms with E-state index in [1.165, 1.54) is 0 Å². The van der Waals surface area contributed by atoms with Gasteiger partial charge in [0.2, 0.25) is 0 Å². The number of nitrogens with two attached hydrogens (primary N) is 1. The molecular formula is C13H12N2O2. The molecule has 0 bridgehead atoms. The van der Waals surface area contributed by atoms with Crippen molar-refractivity contribution in [1.82, 2.24) is 4.98 Å². The molecule has 0 saturated heterocycles. The summed E-state index contributed by atoms with van der Waals surface area (Å²) in [5.41, 5.74) is 7.55. The Balaban J connectivity index is 1.96. The monoisotopic (exact) mass is 228 g/mol. The molecule has 2 aromatic rings. The van der Waals surface area contributed by atoms with Crippen LogP contribution in [0.15, 0.2) is 48.8 Å². The van der Waals surface area contributed by atoms with E-state index in [9.17, 15) is 4.79 Å². The molecule has 0 atom stereocenters. The highest BCUT2D eigenvalue weighted by molar-refractivity contribution is 5.89. The minimum atomic E-state index is -0.359. The molecule has 4 nitrogen and oxygen atoms in total. The lowest BCUT2D eigenvalue weighted by molar-refractivity contribution is 0.0472. The average molecular weight is 228 g/mol. The summed E-state index contributed by atoms with van der Waals surface area (Å²) < 4.78 is 5.15. The van der Waals surface area contributed by atoms with Gasteiger partial charge in [-0.25, -0.2) is 4.79 Å². The number of hydrogen-bond acceptors (Lipinski definition) is 4. The number of pyridine rings is 1. The molecule has 0 aliphatic rings. The van der Waals surface area contributed by atoms with Crippen LogP contribution in [0.2, 0.25) is 0 Å². The van der Waals surface area contributed by atoms with Crippen LogP contribution in [0.4, 0.5) is 5.69 Å². The summed E-state index contributed by atoms with van der Waals surface area (Å²) in [6, 6.07) is 10.2. The molecular weight excluding hydrogens is 216 g/mol. The molecule has 0 fully saturated rings. The Morgan fingerprint density at radius 1 is 1.12 bits per heavy atom. The smallest absolute Gasteiger partial charge is 0.338 e. The maximum Gasteiger partial charge on any atom is 0.338 e. The van der Waals surface area contributed by atoms with Crippen molar-refractivity contribution >= 4 is 11.7 Å². The van der Waals surface area contributed by atoms with Gasteiger partial charge in [-0.1, -0.05) is 0 Å². The summed E-state index contributed by atoms with van der Waals surface area (Å²) in [6.45, 7) is 0.242. The van der Waals surface area contributed by atoms with E-state index in [4.69, 9.17) is 10.5 Å². The minimum absolute atomic E-state index is 0.242. The van der Waals surface area contributed by atoms with E-state index in [0.29, 0.717) is 11.3 Å². The number of ether oxygens (including phenoxy) is 1. The molecule has 0 saturated carbocycles. The fraction of sp³-hybridized carbons (Fsp3) is 0.0769. The molecule has 2 N–H and O–H groups in total. The highest BCUT2D eigenvalue weighted by Gasteiger charge is 2.06. The molecule has 1 aromatic carbocycles. The van der Waals surface area contributed by atoms with Gasteiger partial charge in [0.05, 0.1) is 5.56 Å². The van der Waals surface area contributed by atoms with Crippen molar-refractivity contribution in [1.29, 1.82) is 0 Å². The van der Waals surface area contributed by atoms with Crippen LogP contribution in [0, 0.1) is 0 Å². The van der Waals surface area contributed by atoms with Gasteiger partial charge in [0.1, 0.15) is 6.61 Å². The van der Waals surface area contributed by atoms with Gasteiger partial charge in [-0.05, 0) is 42.0 Å². The molecule has 2 rings (SSSR count). The normalized spacial score (nSPS) is 9.88. The van der Waals surface area contributed by atoms with E-state index >= 15 is 0 Å². The molecule has 0 radical (unpaired) electrons. The van der Waals surface area contributed by atoms with Crippen LogP contribution in [0.3, 0.4) is 0 Å². The molecule has 86 valence electrons. The first-order valence-corrected chi connectivity index (χ1v) is 5.17. The number of hydrogen-bond donors (Lipinski definition) is 1. The van der Waals surface area contributed by atoms with Crippen LogP contribution in [-0.4, -0.2) is 11.0 Å². The van der Waals surface area contributed by atoms with Gasteiger partial charge in [-0.3, -0.25) is 4.98 Å². The summed E-state index contributed by atoms with van der Waals surface area (Å²) in [7, 11) is 0. The van der Waals surface area contributed by atoms with Crippen molar-refractivity contribution in [3.8, 4) is 0 Å². The Labute approximate surface area is 99.1 Å². The van der Waals surface area contributed by atoms with E-state index in [2.05, 4.69) is 4.98 Å². The maximum absolute atomic E-state index is 11.7. The minimum Gasteiger partial charge on any atom is -0.457 e. The zero-order chi connectivity index (χ0) is 12.1. The first kappa shape index (κ1) is 11.1. The van der Waals surface area contributed by atoms with Crippen molar-refractivity contribution in [2.45, 2.75) is 6.61 Å². The lowest BCUT2D eigenvalue weighted by Gasteiger charge is -2.04. The van der Waals surface area contributed by atoms with E-state index < -0.39 is 0 Å². The molecule has 1 aromatic heterocycles. The highest BCUT2D eigenvalue weighted by atomic mass is 16.5. The average Bonchev–Trinajstić information content (AvgIpc) is 2.38. The third-order valence-electron chi connectivity index (χ3n) is 2.27. The van der Waals surface area contributed by atoms with Gasteiger partial charge < -0.3 is 10.5 Å². The van der Waals surface area contributed by atoms with Gasteiger partial charge in [-0.2, -0.15) is 0 Å². The van der Waals surface area contributed by atoms with Crippen LogP contribution < -0.4 is 5.73 Å². The van der Waals surface area contributed by atoms with E-state index in [1.54, 1.807) is 48.8 Å². The van der Waals surface area contributed by atoms with E-state index in [-0.39, 0.29) is 12.6 Å². The quantitative estimate of drug-likeness (QED) is 0.644. The molecule has 1 heterocycles. The number of anilines is 1. The lowest BCUT2D eigenvalue weighted by atomic mass is 10.2. The molecule has 17 heavy (non-hydrogen) atoms. The SMILES string of the molecule is Nc1ccc(C(=O)OCc2ccncc2)cc1. The molecule has 0 aliphatic carbocycles. The Morgan fingerprint density at radius 2 is 1.76 bits per heavy atom. The van der Waals surface area contributed by atoms with Crippen LogP contribution in [0.25, 0.3) is 0 Å². The second kappa shape index (κ2) is 5.12. The van der Waals surface area contributed by atoms with Gasteiger partial charge in [0, 0.05) is 18.1 Å². The largest absolute Gasteiger partial charge is 0.457 e. The van der Waals surface area contributed by atoms with Crippen LogP contribution in [-0.2, 0) is 11.3 Å². The van der Waals surface area contributed by atoms with Crippen molar-refractivity contribution in [3.05, 3.63) is 59.9 Å². The zero-order valence-electron chi connectivity index (χ0n) is 9.17. The molecule has 0 amide bonds. The predicted octanol–water partition coefficient (Wildman–Crippen LogP) is 2.02. The number of nitrogen functional groups attached to an aromatic ring is 1. The Hall–Kier alpha value is -2.36. The number of esters is 1. The fourth-order valence-corrected chi connectivity index (χ4v) is 1.33. The summed E-state index contributed by atoms with van der Waals surface area (Å²) in [4.78, 5) is 15.5. The molecule has 0 spiro atoms. The van der Waals surface area contributed by atoms with Crippen LogP contribution >= 0.6 is 0 Å². The van der Waals surface area contributed by atoms with Gasteiger partial charge in [0.15, 0.2) is 0 Å². The summed E-state index contributed by atoms with van der Waals surface area (Å²) >= 11 is 0. The maximum atomic E-state index is 11.7. The third-order valence-corrected chi connectivity index (χ3v) is 2.27. The topological polar surface area (TPSA) is 65.2 Å². The Morgan fingerprint density at radius 3 is 2.41 bits per heavy atom. The standard InChI is InChI=1S/C13H12N2O2/c14-12-3-1-11(2-4-12)13(16)17-9-10-5-7-15-8-6-10/h1-8H,9,14H2. The highest BCUT2D eigenvalue weighted by Crippen LogP contribution is 2.08. The van der Waals surface area contributed by atoms with Crippen LogP contribution in [0.5, 0.6) is 0 Å². The number of benzene rings is 1. The number of aromatic nitrogens is 1. The second-order valence-corrected chi connectivity index (χ2v) is 3.55. The van der Waals surface area contributed by atoms with Gasteiger partial charge in [-0.15, -0.1) is 0 Å². The molecule has 0 unspecified atom stereocenters. The number of carbonyl (C=O) groups excluding carboxylic acids is 1. The van der Waals surface area contributed by atoms with Gasteiger partial charge in [0.25, 0.3) is 0 Å². The van der Waals surface area contributed by atoms with Crippen molar-refractivity contribution in [3.63, 3.8) is 0 Å². The van der Waals surface area contributed by atoms with Crippen LogP contribution in [0.1, 0.15) is 15.9 Å². The number of nitrogens with zero attached hydrogens (tertiary/aromatic N) is 1. The third kappa shape index (κ3) is 3.04. The summed E-state index contributed by atoms with van der Waals surface area (Å²) in [5.74, 6) is -0.359. The van der Waals surface area contributed by atoms with E-state index in [1.807, 2.05) is 0 Å². The lowest BCUT2D eigenvalue weighted by Crippen LogP contribution is -2.05. The molecule has 0 aliphatic heterocycles. The predicted molar refractivity (Wildman–Crippen MR) is 64.2 cm³/mol. The summed E-state index contributed by atoms with van der Waals surface area (Å²) in [5, 5.41) is 0. The van der Waals surface area contributed by atoms with E-state index in [0.717, 1.165) is 5.56 Å². The zero-order valence-corrected chi connectivity index (χ0v) is 9.17. The second-order valence-electron chi connectivity index (χ2n) is 3.55. The molecule has 4 heteroatoms. The number of rotatable bonds is 3. The van der Waals surface area contributed by atoms with Crippen molar-refractivity contribution in [2.75, 3.05) is 5.73 Å². The van der Waals surface area contributed by atoms with Crippen molar-refractivity contribution < 1.29 is 9.53 Å².